The van der Waals surface area contributed by atoms with Crippen LogP contribution in [0.15, 0.2) is 30.7 Å². The van der Waals surface area contributed by atoms with Crippen LogP contribution in [0.3, 0.4) is 0 Å². The number of anilines is 2. The van der Waals surface area contributed by atoms with E-state index in [2.05, 4.69) is 25.2 Å². The SMILES string of the molecule is FC(F)(F)c1cc(NC2CCN(c3ccc(Cl)cn3)CC2)ncn1. The molecule has 9 heteroatoms. The molecule has 1 saturated heterocycles. The maximum atomic E-state index is 12.7. The number of hydrogen-bond acceptors (Lipinski definition) is 5. The Morgan fingerprint density at radius 1 is 1.12 bits per heavy atom. The molecular weight excluding hydrogens is 343 g/mol. The van der Waals surface area contributed by atoms with E-state index in [-0.39, 0.29) is 11.9 Å². The molecule has 24 heavy (non-hydrogen) atoms. The monoisotopic (exact) mass is 357 g/mol. The van der Waals surface area contributed by atoms with Crippen LogP contribution < -0.4 is 10.2 Å². The fourth-order valence-electron chi connectivity index (χ4n) is 2.61. The molecule has 0 atom stereocenters. The lowest BCUT2D eigenvalue weighted by Crippen LogP contribution is -2.39. The number of piperidine rings is 1. The van der Waals surface area contributed by atoms with Crippen molar-refractivity contribution in [3.8, 4) is 0 Å². The molecule has 0 bridgehead atoms. The van der Waals surface area contributed by atoms with Gasteiger partial charge in [-0.25, -0.2) is 15.0 Å². The Labute approximate surface area is 141 Å². The van der Waals surface area contributed by atoms with Gasteiger partial charge in [0.2, 0.25) is 0 Å². The molecule has 1 aliphatic heterocycles. The first-order chi connectivity index (χ1) is 11.4. The summed E-state index contributed by atoms with van der Waals surface area (Å²) in [7, 11) is 0. The summed E-state index contributed by atoms with van der Waals surface area (Å²) in [5.74, 6) is 1.04. The Hall–Kier alpha value is -2.09. The topological polar surface area (TPSA) is 53.9 Å². The summed E-state index contributed by atoms with van der Waals surface area (Å²) in [6.07, 6.45) is -0.396. The molecule has 3 heterocycles. The van der Waals surface area contributed by atoms with Crippen molar-refractivity contribution in [3.63, 3.8) is 0 Å². The molecule has 0 unspecified atom stereocenters. The zero-order valence-electron chi connectivity index (χ0n) is 12.6. The maximum absolute atomic E-state index is 12.7. The Kier molecular flexibility index (Phi) is 4.75. The normalized spacial score (nSPS) is 16.2. The highest BCUT2D eigenvalue weighted by Gasteiger charge is 2.33. The minimum atomic E-state index is -4.47. The molecular formula is C15H15ClF3N5. The molecule has 5 nitrogen and oxygen atoms in total. The standard InChI is InChI=1S/C15H15ClF3N5/c16-10-1-2-14(20-8-10)24-5-3-11(4-6-24)23-13-7-12(15(17,18)19)21-9-22-13/h1-2,7-9,11H,3-6H2,(H,21,22,23). The van der Waals surface area contributed by atoms with Crippen LogP contribution in [0.25, 0.3) is 0 Å². The minimum Gasteiger partial charge on any atom is -0.367 e. The fraction of sp³-hybridized carbons (Fsp3) is 0.400. The van der Waals surface area contributed by atoms with Crippen molar-refractivity contribution in [1.82, 2.24) is 15.0 Å². The number of pyridine rings is 1. The van der Waals surface area contributed by atoms with Gasteiger partial charge in [0.25, 0.3) is 0 Å². The second-order valence-corrected chi connectivity index (χ2v) is 5.96. The highest BCUT2D eigenvalue weighted by molar-refractivity contribution is 6.30. The summed E-state index contributed by atoms with van der Waals surface area (Å²) in [4.78, 5) is 13.5. The molecule has 0 aromatic carbocycles. The Bertz CT molecular complexity index is 684. The van der Waals surface area contributed by atoms with E-state index < -0.39 is 11.9 Å². The van der Waals surface area contributed by atoms with Crippen molar-refractivity contribution in [2.75, 3.05) is 23.3 Å². The maximum Gasteiger partial charge on any atom is 0.433 e. The van der Waals surface area contributed by atoms with Crippen molar-refractivity contribution >= 4 is 23.2 Å². The van der Waals surface area contributed by atoms with Gasteiger partial charge in [0.05, 0.1) is 5.02 Å². The van der Waals surface area contributed by atoms with E-state index >= 15 is 0 Å². The quantitative estimate of drug-likeness (QED) is 0.909. The lowest BCUT2D eigenvalue weighted by atomic mass is 10.0. The number of alkyl halides is 3. The van der Waals surface area contributed by atoms with Crippen LogP contribution in [0.2, 0.25) is 5.02 Å². The lowest BCUT2D eigenvalue weighted by molar-refractivity contribution is -0.141. The fourth-order valence-corrected chi connectivity index (χ4v) is 2.72. The van der Waals surface area contributed by atoms with Crippen LogP contribution in [-0.2, 0) is 6.18 Å². The molecule has 0 aliphatic carbocycles. The average molecular weight is 358 g/mol. The summed E-state index contributed by atoms with van der Waals surface area (Å²) < 4.78 is 38.0. The summed E-state index contributed by atoms with van der Waals surface area (Å²) in [6, 6.07) is 4.64. The van der Waals surface area contributed by atoms with Crippen LogP contribution in [-0.4, -0.2) is 34.1 Å². The van der Waals surface area contributed by atoms with Crippen LogP contribution >= 0.6 is 11.6 Å². The highest BCUT2D eigenvalue weighted by Crippen LogP contribution is 2.28. The van der Waals surface area contributed by atoms with Gasteiger partial charge in [0, 0.05) is 31.4 Å². The van der Waals surface area contributed by atoms with Crippen LogP contribution in [0.4, 0.5) is 24.8 Å². The summed E-state index contributed by atoms with van der Waals surface area (Å²) in [5, 5.41) is 3.64. The number of halogens is 4. The van der Waals surface area contributed by atoms with Gasteiger partial charge in [0.15, 0.2) is 0 Å². The zero-order valence-corrected chi connectivity index (χ0v) is 13.3. The van der Waals surface area contributed by atoms with Gasteiger partial charge in [-0.1, -0.05) is 11.6 Å². The third-order valence-corrected chi connectivity index (χ3v) is 4.06. The predicted octanol–water partition coefficient (Wildman–Crippen LogP) is 3.62. The summed E-state index contributed by atoms with van der Waals surface area (Å²) in [5.41, 5.74) is -0.942. The third kappa shape index (κ3) is 4.05. The van der Waals surface area contributed by atoms with E-state index in [1.165, 1.54) is 0 Å². The summed E-state index contributed by atoms with van der Waals surface area (Å²) >= 11 is 5.83. The van der Waals surface area contributed by atoms with Crippen LogP contribution in [0.1, 0.15) is 18.5 Å². The first-order valence-electron chi connectivity index (χ1n) is 7.44. The number of nitrogens with one attached hydrogen (secondary N) is 1. The molecule has 3 rings (SSSR count). The van der Waals surface area contributed by atoms with E-state index in [0.717, 1.165) is 44.1 Å². The predicted molar refractivity (Wildman–Crippen MR) is 85.1 cm³/mol. The van der Waals surface area contributed by atoms with Gasteiger partial charge in [-0.05, 0) is 25.0 Å². The average Bonchev–Trinajstić information content (AvgIpc) is 2.56. The van der Waals surface area contributed by atoms with Crippen molar-refractivity contribution in [1.29, 1.82) is 0 Å². The lowest BCUT2D eigenvalue weighted by Gasteiger charge is -2.33. The Balaban J connectivity index is 1.58. The molecule has 1 N–H and O–H groups in total. The molecule has 1 fully saturated rings. The molecule has 2 aromatic rings. The molecule has 0 radical (unpaired) electrons. The van der Waals surface area contributed by atoms with E-state index in [0.29, 0.717) is 5.02 Å². The van der Waals surface area contributed by atoms with Gasteiger partial charge >= 0.3 is 6.18 Å². The van der Waals surface area contributed by atoms with Crippen molar-refractivity contribution in [2.24, 2.45) is 0 Å². The second-order valence-electron chi connectivity index (χ2n) is 5.53. The van der Waals surface area contributed by atoms with Gasteiger partial charge in [-0.2, -0.15) is 13.2 Å². The van der Waals surface area contributed by atoms with Gasteiger partial charge in [0.1, 0.15) is 23.7 Å². The smallest absolute Gasteiger partial charge is 0.367 e. The minimum absolute atomic E-state index is 0.0598. The van der Waals surface area contributed by atoms with Gasteiger partial charge in [-0.3, -0.25) is 0 Å². The zero-order chi connectivity index (χ0) is 17.2. The van der Waals surface area contributed by atoms with Crippen LogP contribution in [0, 0.1) is 0 Å². The van der Waals surface area contributed by atoms with Crippen molar-refractivity contribution in [3.05, 3.63) is 41.4 Å². The van der Waals surface area contributed by atoms with E-state index in [9.17, 15) is 13.2 Å². The number of aromatic nitrogens is 3. The highest BCUT2D eigenvalue weighted by atomic mass is 35.5. The molecule has 0 saturated carbocycles. The largest absolute Gasteiger partial charge is 0.433 e. The Morgan fingerprint density at radius 2 is 1.88 bits per heavy atom. The first-order valence-corrected chi connectivity index (χ1v) is 7.82. The molecule has 128 valence electrons. The molecule has 0 spiro atoms. The number of hydrogen-bond donors (Lipinski definition) is 1. The van der Waals surface area contributed by atoms with Crippen LogP contribution in [0.5, 0.6) is 0 Å². The molecule has 1 aliphatic rings. The molecule has 2 aromatic heterocycles. The van der Waals surface area contributed by atoms with Crippen molar-refractivity contribution < 1.29 is 13.2 Å². The Morgan fingerprint density at radius 3 is 2.50 bits per heavy atom. The van der Waals surface area contributed by atoms with E-state index in [4.69, 9.17) is 11.6 Å². The number of nitrogens with zero attached hydrogens (tertiary/aromatic N) is 4. The third-order valence-electron chi connectivity index (χ3n) is 3.84. The first kappa shape index (κ1) is 16.8. The van der Waals surface area contributed by atoms with E-state index in [1.807, 2.05) is 6.07 Å². The number of rotatable bonds is 3. The second kappa shape index (κ2) is 6.80. The molecule has 0 amide bonds. The van der Waals surface area contributed by atoms with Crippen molar-refractivity contribution in [2.45, 2.75) is 25.1 Å². The van der Waals surface area contributed by atoms with E-state index in [1.54, 1.807) is 12.3 Å². The van der Waals surface area contributed by atoms with Gasteiger partial charge < -0.3 is 10.2 Å². The van der Waals surface area contributed by atoms with Gasteiger partial charge in [-0.15, -0.1) is 0 Å². The summed E-state index contributed by atoms with van der Waals surface area (Å²) in [6.45, 7) is 1.51.